The third-order valence-electron chi connectivity index (χ3n) is 3.79. The van der Waals surface area contributed by atoms with Gasteiger partial charge in [0.1, 0.15) is 5.82 Å². The largest absolute Gasteiger partial charge is 0.385 e. The first-order valence-electron chi connectivity index (χ1n) is 6.84. The van der Waals surface area contributed by atoms with E-state index in [4.69, 9.17) is 0 Å². The molecule has 0 amide bonds. The van der Waals surface area contributed by atoms with Crippen molar-refractivity contribution in [2.75, 3.05) is 11.9 Å². The van der Waals surface area contributed by atoms with Crippen LogP contribution in [0.25, 0.3) is 0 Å². The van der Waals surface area contributed by atoms with Crippen molar-refractivity contribution in [3.63, 3.8) is 0 Å². The van der Waals surface area contributed by atoms with Crippen molar-refractivity contribution in [1.29, 1.82) is 0 Å². The molecule has 98 valence electrons. The Bertz CT molecular complexity index is 604. The fourth-order valence-electron chi connectivity index (χ4n) is 2.69. The summed E-state index contributed by atoms with van der Waals surface area (Å²) in [7, 11) is 0. The fourth-order valence-corrected chi connectivity index (χ4v) is 2.69. The molecule has 0 spiro atoms. The first-order valence-corrected chi connectivity index (χ1v) is 6.84. The van der Waals surface area contributed by atoms with E-state index in [1.54, 1.807) is 13.0 Å². The summed E-state index contributed by atoms with van der Waals surface area (Å²) in [6, 6.07) is 11.9. The molecule has 0 atom stereocenters. The summed E-state index contributed by atoms with van der Waals surface area (Å²) in [6.07, 6.45) is 3.11. The molecule has 0 unspecified atom stereocenters. The molecule has 0 saturated heterocycles. The van der Waals surface area contributed by atoms with Gasteiger partial charge in [-0.3, -0.25) is 0 Å². The third kappa shape index (κ3) is 2.48. The van der Waals surface area contributed by atoms with Gasteiger partial charge in [0, 0.05) is 12.2 Å². The summed E-state index contributed by atoms with van der Waals surface area (Å²) in [4.78, 5) is 0. The number of rotatable bonds is 2. The van der Waals surface area contributed by atoms with Gasteiger partial charge in [-0.05, 0) is 54.5 Å². The van der Waals surface area contributed by atoms with Crippen LogP contribution in [0, 0.1) is 12.7 Å². The van der Waals surface area contributed by atoms with E-state index >= 15 is 0 Å². The summed E-state index contributed by atoms with van der Waals surface area (Å²) in [5, 5.41) is 3.48. The van der Waals surface area contributed by atoms with Crippen molar-refractivity contribution in [3.8, 4) is 0 Å². The highest BCUT2D eigenvalue weighted by Crippen LogP contribution is 2.28. The summed E-state index contributed by atoms with van der Waals surface area (Å²) >= 11 is 0. The van der Waals surface area contributed by atoms with Crippen LogP contribution in [0.2, 0.25) is 0 Å². The van der Waals surface area contributed by atoms with Crippen LogP contribution in [-0.4, -0.2) is 6.54 Å². The third-order valence-corrected chi connectivity index (χ3v) is 3.79. The Morgan fingerprint density at radius 3 is 2.95 bits per heavy atom. The SMILES string of the molecule is Cc1ccc(Cc2cccc3c2NCCC3)cc1F. The molecule has 1 aliphatic rings. The first-order chi connectivity index (χ1) is 9.24. The lowest BCUT2D eigenvalue weighted by Crippen LogP contribution is -2.13. The monoisotopic (exact) mass is 255 g/mol. The summed E-state index contributed by atoms with van der Waals surface area (Å²) in [6.45, 7) is 2.83. The molecule has 2 aromatic rings. The number of anilines is 1. The smallest absolute Gasteiger partial charge is 0.126 e. The minimum Gasteiger partial charge on any atom is -0.385 e. The Morgan fingerprint density at radius 2 is 2.11 bits per heavy atom. The number of hydrogen-bond acceptors (Lipinski definition) is 1. The molecule has 1 N–H and O–H groups in total. The maximum absolute atomic E-state index is 13.6. The number of halogens is 1. The number of fused-ring (bicyclic) bond motifs is 1. The second-order valence-corrected chi connectivity index (χ2v) is 5.24. The summed E-state index contributed by atoms with van der Waals surface area (Å²) in [5.74, 6) is -0.116. The normalized spacial score (nSPS) is 13.8. The number of benzene rings is 2. The van der Waals surface area contributed by atoms with Crippen LogP contribution in [0.5, 0.6) is 0 Å². The predicted octanol–water partition coefficient (Wildman–Crippen LogP) is 4.08. The van der Waals surface area contributed by atoms with E-state index in [0.29, 0.717) is 5.56 Å². The lowest BCUT2D eigenvalue weighted by atomic mass is 9.95. The van der Waals surface area contributed by atoms with E-state index in [9.17, 15) is 4.39 Å². The average molecular weight is 255 g/mol. The van der Waals surface area contributed by atoms with E-state index in [1.807, 2.05) is 12.1 Å². The quantitative estimate of drug-likeness (QED) is 0.852. The zero-order valence-electron chi connectivity index (χ0n) is 11.2. The highest BCUT2D eigenvalue weighted by Gasteiger charge is 2.12. The Kier molecular flexibility index (Phi) is 3.24. The van der Waals surface area contributed by atoms with Crippen LogP contribution < -0.4 is 5.32 Å². The average Bonchev–Trinajstić information content (AvgIpc) is 2.43. The van der Waals surface area contributed by atoms with Crippen molar-refractivity contribution in [2.45, 2.75) is 26.2 Å². The molecule has 0 saturated carbocycles. The summed E-state index contributed by atoms with van der Waals surface area (Å²) < 4.78 is 13.6. The lowest BCUT2D eigenvalue weighted by molar-refractivity contribution is 0.616. The topological polar surface area (TPSA) is 12.0 Å². The first kappa shape index (κ1) is 12.2. The summed E-state index contributed by atoms with van der Waals surface area (Å²) in [5.41, 5.74) is 5.65. The van der Waals surface area contributed by atoms with Gasteiger partial charge < -0.3 is 5.32 Å². The zero-order chi connectivity index (χ0) is 13.2. The molecule has 19 heavy (non-hydrogen) atoms. The van der Waals surface area contributed by atoms with Crippen LogP contribution in [0.1, 0.15) is 28.7 Å². The second-order valence-electron chi connectivity index (χ2n) is 5.24. The van der Waals surface area contributed by atoms with Crippen molar-refractivity contribution in [1.82, 2.24) is 0 Å². The number of para-hydroxylation sites is 1. The number of aryl methyl sites for hydroxylation is 2. The molecule has 2 aromatic carbocycles. The van der Waals surface area contributed by atoms with Crippen LogP contribution in [0.3, 0.4) is 0 Å². The highest BCUT2D eigenvalue weighted by molar-refractivity contribution is 5.60. The Balaban J connectivity index is 1.92. The van der Waals surface area contributed by atoms with E-state index in [0.717, 1.165) is 24.9 Å². The van der Waals surface area contributed by atoms with Crippen LogP contribution in [-0.2, 0) is 12.8 Å². The van der Waals surface area contributed by atoms with Gasteiger partial charge in [0.2, 0.25) is 0 Å². The zero-order valence-corrected chi connectivity index (χ0v) is 11.2. The molecular weight excluding hydrogens is 237 g/mol. The molecule has 1 nitrogen and oxygen atoms in total. The molecule has 0 aromatic heterocycles. The molecule has 1 heterocycles. The van der Waals surface area contributed by atoms with E-state index < -0.39 is 0 Å². The fraction of sp³-hybridized carbons (Fsp3) is 0.294. The number of hydrogen-bond donors (Lipinski definition) is 1. The van der Waals surface area contributed by atoms with Gasteiger partial charge in [-0.1, -0.05) is 30.3 Å². The van der Waals surface area contributed by atoms with Crippen molar-refractivity contribution < 1.29 is 4.39 Å². The van der Waals surface area contributed by atoms with E-state index in [2.05, 4.69) is 23.5 Å². The van der Waals surface area contributed by atoms with Gasteiger partial charge in [-0.25, -0.2) is 4.39 Å². The molecule has 0 radical (unpaired) electrons. The van der Waals surface area contributed by atoms with Crippen LogP contribution >= 0.6 is 0 Å². The molecule has 2 heteroatoms. The molecule has 1 aliphatic heterocycles. The Labute approximate surface area is 113 Å². The van der Waals surface area contributed by atoms with Gasteiger partial charge in [-0.2, -0.15) is 0 Å². The molecular formula is C17H18FN. The minimum atomic E-state index is -0.116. The van der Waals surface area contributed by atoms with Gasteiger partial charge in [0.15, 0.2) is 0 Å². The lowest BCUT2D eigenvalue weighted by Gasteiger charge is -2.21. The Hall–Kier alpha value is -1.83. The maximum atomic E-state index is 13.6. The van der Waals surface area contributed by atoms with E-state index in [-0.39, 0.29) is 5.82 Å². The second kappa shape index (κ2) is 5.04. The maximum Gasteiger partial charge on any atom is 0.126 e. The van der Waals surface area contributed by atoms with Crippen LogP contribution in [0.15, 0.2) is 36.4 Å². The van der Waals surface area contributed by atoms with E-state index in [1.165, 1.54) is 23.2 Å². The predicted molar refractivity (Wildman–Crippen MR) is 77.2 cm³/mol. The van der Waals surface area contributed by atoms with Crippen molar-refractivity contribution in [2.24, 2.45) is 0 Å². The van der Waals surface area contributed by atoms with Crippen molar-refractivity contribution >= 4 is 5.69 Å². The van der Waals surface area contributed by atoms with Gasteiger partial charge >= 0.3 is 0 Å². The molecule has 3 rings (SSSR count). The van der Waals surface area contributed by atoms with Gasteiger partial charge in [0.05, 0.1) is 0 Å². The standard InChI is InChI=1S/C17H18FN/c1-12-7-8-13(11-16(12)18)10-15-5-2-4-14-6-3-9-19-17(14)15/h2,4-5,7-8,11,19H,3,6,9-10H2,1H3. The van der Waals surface area contributed by atoms with Crippen LogP contribution in [0.4, 0.5) is 10.1 Å². The molecule has 0 fully saturated rings. The number of nitrogens with one attached hydrogen (secondary N) is 1. The van der Waals surface area contributed by atoms with Gasteiger partial charge in [-0.15, -0.1) is 0 Å². The minimum absolute atomic E-state index is 0.116. The molecule has 0 bridgehead atoms. The highest BCUT2D eigenvalue weighted by atomic mass is 19.1. The van der Waals surface area contributed by atoms with Crippen molar-refractivity contribution in [3.05, 3.63) is 64.5 Å². The molecule has 0 aliphatic carbocycles. The van der Waals surface area contributed by atoms with Gasteiger partial charge in [0.25, 0.3) is 0 Å². The Morgan fingerprint density at radius 1 is 1.21 bits per heavy atom.